The highest BCUT2D eigenvalue weighted by atomic mass is 16.6. The first-order chi connectivity index (χ1) is 10.1. The van der Waals surface area contributed by atoms with Crippen LogP contribution in [0, 0.1) is 0 Å². The Kier molecular flexibility index (Phi) is 5.71. The molecule has 0 aromatic rings. The van der Waals surface area contributed by atoms with Crippen molar-refractivity contribution in [2.45, 2.75) is 31.4 Å². The van der Waals surface area contributed by atoms with Crippen LogP contribution in [0.1, 0.15) is 6.92 Å². The highest BCUT2D eigenvalue weighted by molar-refractivity contribution is 5.84. The largest absolute Gasteiger partial charge is 0.478 e. The van der Waals surface area contributed by atoms with Gasteiger partial charge in [-0.1, -0.05) is 0 Å². The quantitative estimate of drug-likeness (QED) is 0.207. The topological polar surface area (TPSA) is 164 Å². The number of likely N-dealkylation sites (N-methyl/N-ethyl adjacent to an activating group) is 1. The molecule has 124 valence electrons. The number of hydrogen-bond donors (Lipinski definition) is 5. The van der Waals surface area contributed by atoms with Gasteiger partial charge in [0.2, 0.25) is 12.2 Å². The Morgan fingerprint density at radius 3 is 2.41 bits per heavy atom. The Morgan fingerprint density at radius 1 is 1.41 bits per heavy atom. The number of carbonyl (C=O) groups excluding carboxylic acids is 2. The second kappa shape index (κ2) is 7.09. The molecule has 7 N–H and O–H groups in total. The van der Waals surface area contributed by atoms with E-state index in [1.165, 1.54) is 32.0 Å². The van der Waals surface area contributed by atoms with Gasteiger partial charge in [-0.25, -0.2) is 4.99 Å². The summed E-state index contributed by atoms with van der Waals surface area (Å²) in [6, 6.07) is -1.77. The third-order valence-electron chi connectivity index (χ3n) is 2.90. The molecular weight excluding hydrogens is 294 g/mol. The molecular formula is C12H21N5O5. The van der Waals surface area contributed by atoms with Gasteiger partial charge < -0.3 is 36.6 Å². The third kappa shape index (κ3) is 4.33. The van der Waals surface area contributed by atoms with Crippen LogP contribution in [-0.2, 0) is 14.3 Å². The summed E-state index contributed by atoms with van der Waals surface area (Å²) in [7, 11) is 3.00. The fourth-order valence-electron chi connectivity index (χ4n) is 2.00. The molecule has 0 spiro atoms. The van der Waals surface area contributed by atoms with E-state index in [9.17, 15) is 19.8 Å². The number of ether oxygens (including phenoxy) is 1. The molecule has 1 heterocycles. The molecule has 22 heavy (non-hydrogen) atoms. The van der Waals surface area contributed by atoms with Gasteiger partial charge in [-0.2, -0.15) is 0 Å². The van der Waals surface area contributed by atoms with Gasteiger partial charge in [0, 0.05) is 21.0 Å². The summed E-state index contributed by atoms with van der Waals surface area (Å²) in [6.45, 7) is 1.27. The summed E-state index contributed by atoms with van der Waals surface area (Å²) in [4.78, 5) is 28.8. The van der Waals surface area contributed by atoms with Crippen LogP contribution in [0.25, 0.3) is 0 Å². The Hall–Kier alpha value is -2.33. The molecule has 3 atom stereocenters. The fraction of sp³-hybridized carbons (Fsp3) is 0.583. The predicted octanol–water partition coefficient (Wildman–Crippen LogP) is -3.19. The van der Waals surface area contributed by atoms with E-state index in [-0.39, 0.29) is 11.7 Å². The maximum Gasteiger partial charge on any atom is 0.265 e. The number of nitrogens with zero attached hydrogens (tertiary/aromatic N) is 2. The van der Waals surface area contributed by atoms with Crippen molar-refractivity contribution in [1.82, 2.24) is 10.2 Å². The third-order valence-corrected chi connectivity index (χ3v) is 2.90. The molecule has 0 aromatic heterocycles. The van der Waals surface area contributed by atoms with Crippen LogP contribution in [0.15, 0.2) is 16.8 Å². The predicted molar refractivity (Wildman–Crippen MR) is 77.1 cm³/mol. The SMILES string of the molecule is CC(=O)N[C@@H]1[C@@H](N=C(N)N)C=C(C(O)O)O[C@H]1C(=O)N(C)C. The molecule has 0 aliphatic carbocycles. The maximum absolute atomic E-state index is 12.2. The molecule has 10 nitrogen and oxygen atoms in total. The zero-order chi connectivity index (χ0) is 17.0. The summed E-state index contributed by atoms with van der Waals surface area (Å²) in [5.74, 6) is -1.44. The van der Waals surface area contributed by atoms with Gasteiger partial charge >= 0.3 is 0 Å². The van der Waals surface area contributed by atoms with Gasteiger partial charge in [-0.3, -0.25) is 9.59 Å². The molecule has 0 unspecified atom stereocenters. The van der Waals surface area contributed by atoms with Crippen molar-refractivity contribution in [3.63, 3.8) is 0 Å². The standard InChI is InChI=1S/C12H21N5O5/c1-5(18)15-8-6(16-12(13)14)4-7(11(20)21)22-9(8)10(19)17(2)3/h4,6,8-9,11,20-21H,1-3H3,(H,15,18)(H4,13,14,16)/t6-,8+,9+/m0/s1. The summed E-state index contributed by atoms with van der Waals surface area (Å²) < 4.78 is 5.30. The van der Waals surface area contributed by atoms with E-state index in [0.29, 0.717) is 0 Å². The van der Waals surface area contributed by atoms with Crippen LogP contribution in [0.3, 0.4) is 0 Å². The van der Waals surface area contributed by atoms with Gasteiger partial charge in [-0.05, 0) is 6.08 Å². The molecule has 0 saturated carbocycles. The van der Waals surface area contributed by atoms with E-state index in [2.05, 4.69) is 10.3 Å². The average molecular weight is 315 g/mol. The van der Waals surface area contributed by atoms with E-state index in [0.717, 1.165) is 0 Å². The second-order valence-corrected chi connectivity index (χ2v) is 4.98. The van der Waals surface area contributed by atoms with Crippen LogP contribution in [0.2, 0.25) is 0 Å². The van der Waals surface area contributed by atoms with Crippen molar-refractivity contribution >= 4 is 17.8 Å². The summed E-state index contributed by atoms with van der Waals surface area (Å²) in [6.07, 6.45) is -1.90. The number of hydrogen-bond acceptors (Lipinski definition) is 6. The first-order valence-corrected chi connectivity index (χ1v) is 6.45. The minimum absolute atomic E-state index is 0.267. The van der Waals surface area contributed by atoms with Crippen molar-refractivity contribution in [1.29, 1.82) is 0 Å². The number of nitrogens with one attached hydrogen (secondary N) is 1. The summed E-state index contributed by atoms with van der Waals surface area (Å²) >= 11 is 0. The van der Waals surface area contributed by atoms with Crippen molar-refractivity contribution < 1.29 is 24.5 Å². The minimum Gasteiger partial charge on any atom is -0.478 e. The van der Waals surface area contributed by atoms with Crippen molar-refractivity contribution in [3.05, 3.63) is 11.8 Å². The smallest absolute Gasteiger partial charge is 0.265 e. The minimum atomic E-state index is -1.94. The molecule has 0 saturated heterocycles. The molecule has 2 amide bonds. The first kappa shape index (κ1) is 17.7. The number of aliphatic hydroxyl groups is 2. The Labute approximate surface area is 127 Å². The van der Waals surface area contributed by atoms with Gasteiger partial charge in [0.15, 0.2) is 17.8 Å². The molecule has 0 aromatic carbocycles. The number of rotatable bonds is 4. The lowest BCUT2D eigenvalue weighted by atomic mass is 9.97. The molecule has 0 bridgehead atoms. The van der Waals surface area contributed by atoms with E-state index < -0.39 is 36.3 Å². The zero-order valence-electron chi connectivity index (χ0n) is 12.6. The second-order valence-electron chi connectivity index (χ2n) is 4.98. The van der Waals surface area contributed by atoms with Crippen LogP contribution < -0.4 is 16.8 Å². The zero-order valence-corrected chi connectivity index (χ0v) is 12.6. The van der Waals surface area contributed by atoms with Crippen LogP contribution >= 0.6 is 0 Å². The fourth-order valence-corrected chi connectivity index (χ4v) is 2.00. The first-order valence-electron chi connectivity index (χ1n) is 6.45. The monoisotopic (exact) mass is 315 g/mol. The van der Waals surface area contributed by atoms with Crippen LogP contribution in [0.4, 0.5) is 0 Å². The highest BCUT2D eigenvalue weighted by Crippen LogP contribution is 2.23. The lowest BCUT2D eigenvalue weighted by Gasteiger charge is -2.36. The normalized spacial score (nSPS) is 24.1. The summed E-state index contributed by atoms with van der Waals surface area (Å²) in [5.41, 5.74) is 10.7. The number of nitrogens with two attached hydrogens (primary N) is 2. The van der Waals surface area contributed by atoms with Crippen molar-refractivity contribution in [3.8, 4) is 0 Å². The molecule has 1 aliphatic heterocycles. The van der Waals surface area contributed by atoms with Crippen LogP contribution in [0.5, 0.6) is 0 Å². The Morgan fingerprint density at radius 2 is 2.00 bits per heavy atom. The number of aliphatic hydroxyl groups excluding tert-OH is 1. The van der Waals surface area contributed by atoms with Crippen molar-refractivity contribution in [2.75, 3.05) is 14.1 Å². The molecule has 1 rings (SSSR count). The average Bonchev–Trinajstić information content (AvgIpc) is 2.38. The van der Waals surface area contributed by atoms with Crippen molar-refractivity contribution in [2.24, 2.45) is 16.5 Å². The van der Waals surface area contributed by atoms with E-state index in [4.69, 9.17) is 16.2 Å². The van der Waals surface area contributed by atoms with Gasteiger partial charge in [0.25, 0.3) is 5.91 Å². The maximum atomic E-state index is 12.2. The number of aliphatic imine (C=N–C) groups is 1. The number of amides is 2. The highest BCUT2D eigenvalue weighted by Gasteiger charge is 2.42. The number of guanidine groups is 1. The van der Waals surface area contributed by atoms with E-state index >= 15 is 0 Å². The summed E-state index contributed by atoms with van der Waals surface area (Å²) in [5, 5.41) is 21.1. The van der Waals surface area contributed by atoms with Crippen LogP contribution in [-0.4, -0.2) is 71.5 Å². The lowest BCUT2D eigenvalue weighted by molar-refractivity contribution is -0.147. The van der Waals surface area contributed by atoms with E-state index in [1.54, 1.807) is 0 Å². The Bertz CT molecular complexity index is 498. The molecule has 1 aliphatic rings. The number of carbonyl (C=O) groups is 2. The van der Waals surface area contributed by atoms with Gasteiger partial charge in [0.05, 0.1) is 6.04 Å². The molecule has 0 fully saturated rings. The Balaban J connectivity index is 3.28. The lowest BCUT2D eigenvalue weighted by Crippen LogP contribution is -2.58. The van der Waals surface area contributed by atoms with Gasteiger partial charge in [0.1, 0.15) is 6.04 Å². The molecule has 10 heteroatoms. The van der Waals surface area contributed by atoms with E-state index in [1.807, 2.05) is 0 Å². The molecule has 0 radical (unpaired) electrons. The van der Waals surface area contributed by atoms with Gasteiger partial charge in [-0.15, -0.1) is 0 Å².